The first-order valence-corrected chi connectivity index (χ1v) is 7.09. The molecule has 19 heavy (non-hydrogen) atoms. The molecule has 102 valence electrons. The van der Waals surface area contributed by atoms with Gasteiger partial charge < -0.3 is 4.74 Å². The summed E-state index contributed by atoms with van der Waals surface area (Å²) in [6.07, 6.45) is 2.63. The molecular formula is C17H21FO. The lowest BCUT2D eigenvalue weighted by Gasteiger charge is -2.34. The fourth-order valence-electron chi connectivity index (χ4n) is 2.29. The molecule has 0 radical (unpaired) electrons. The van der Waals surface area contributed by atoms with E-state index in [0.717, 1.165) is 22.9 Å². The molecule has 2 aromatic rings. The van der Waals surface area contributed by atoms with Gasteiger partial charge in [0.15, 0.2) is 0 Å². The third kappa shape index (κ3) is 2.89. The molecule has 1 aliphatic rings. The highest BCUT2D eigenvalue weighted by molar-refractivity contribution is 5.88. The maximum absolute atomic E-state index is 13.3. The zero-order valence-electron chi connectivity index (χ0n) is 11.8. The van der Waals surface area contributed by atoms with Crippen LogP contribution in [0.4, 0.5) is 4.39 Å². The Hall–Kier alpha value is -1.57. The lowest BCUT2D eigenvalue weighted by atomic mass is 9.83. The summed E-state index contributed by atoms with van der Waals surface area (Å²) in [6.45, 7) is 6.19. The predicted molar refractivity (Wildman–Crippen MR) is 78.1 cm³/mol. The SMILES string of the molecule is CC.C[C@@H]1CC[C@H]1Oc1cccc2ccc(F)cc12. The van der Waals surface area contributed by atoms with Gasteiger partial charge in [-0.1, -0.05) is 39.0 Å². The van der Waals surface area contributed by atoms with Crippen molar-refractivity contribution in [1.29, 1.82) is 0 Å². The van der Waals surface area contributed by atoms with Gasteiger partial charge >= 0.3 is 0 Å². The number of hydrogen-bond acceptors (Lipinski definition) is 1. The first-order chi connectivity index (χ1) is 9.24. The third-order valence-corrected chi connectivity index (χ3v) is 3.62. The van der Waals surface area contributed by atoms with Gasteiger partial charge in [0.2, 0.25) is 0 Å². The Kier molecular flexibility index (Phi) is 4.41. The highest BCUT2D eigenvalue weighted by Crippen LogP contribution is 2.34. The van der Waals surface area contributed by atoms with Crippen LogP contribution in [-0.4, -0.2) is 6.10 Å². The second-order valence-corrected chi connectivity index (χ2v) is 4.83. The predicted octanol–water partition coefficient (Wildman–Crippen LogP) is 5.18. The Bertz CT molecular complexity index is 550. The van der Waals surface area contributed by atoms with Gasteiger partial charge in [-0.3, -0.25) is 0 Å². The number of halogens is 1. The van der Waals surface area contributed by atoms with Gasteiger partial charge in [0, 0.05) is 5.39 Å². The smallest absolute Gasteiger partial charge is 0.127 e. The highest BCUT2D eigenvalue weighted by atomic mass is 19.1. The molecule has 1 fully saturated rings. The van der Waals surface area contributed by atoms with Gasteiger partial charge in [-0.05, 0) is 42.3 Å². The van der Waals surface area contributed by atoms with Crippen LogP contribution in [0.1, 0.15) is 33.6 Å². The van der Waals surface area contributed by atoms with Crippen LogP contribution >= 0.6 is 0 Å². The normalized spacial score (nSPS) is 21.3. The minimum absolute atomic E-state index is 0.213. The number of rotatable bonds is 2. The monoisotopic (exact) mass is 260 g/mol. The molecule has 1 aliphatic carbocycles. The van der Waals surface area contributed by atoms with E-state index in [4.69, 9.17) is 4.74 Å². The summed E-state index contributed by atoms with van der Waals surface area (Å²) in [5.41, 5.74) is 0. The van der Waals surface area contributed by atoms with Crippen LogP contribution in [-0.2, 0) is 0 Å². The van der Waals surface area contributed by atoms with Crippen molar-refractivity contribution in [1.82, 2.24) is 0 Å². The van der Waals surface area contributed by atoms with Crippen molar-refractivity contribution in [2.75, 3.05) is 0 Å². The average molecular weight is 260 g/mol. The topological polar surface area (TPSA) is 9.23 Å². The van der Waals surface area contributed by atoms with Crippen molar-refractivity contribution in [3.63, 3.8) is 0 Å². The average Bonchev–Trinajstić information content (AvgIpc) is 2.45. The Morgan fingerprint density at radius 2 is 1.89 bits per heavy atom. The largest absolute Gasteiger partial charge is 0.490 e. The Balaban J connectivity index is 0.000000637. The molecule has 1 saturated carbocycles. The molecule has 0 N–H and O–H groups in total. The van der Waals surface area contributed by atoms with Crippen LogP contribution in [0.5, 0.6) is 5.75 Å². The zero-order chi connectivity index (χ0) is 13.8. The zero-order valence-corrected chi connectivity index (χ0v) is 11.8. The first kappa shape index (κ1) is 13.9. The molecule has 2 heteroatoms. The second kappa shape index (κ2) is 6.05. The maximum Gasteiger partial charge on any atom is 0.127 e. The third-order valence-electron chi connectivity index (χ3n) is 3.62. The lowest BCUT2D eigenvalue weighted by molar-refractivity contribution is 0.0591. The second-order valence-electron chi connectivity index (χ2n) is 4.83. The summed E-state index contributed by atoms with van der Waals surface area (Å²) < 4.78 is 19.2. The van der Waals surface area contributed by atoms with Crippen LogP contribution in [0.3, 0.4) is 0 Å². The molecule has 0 saturated heterocycles. The van der Waals surface area contributed by atoms with Gasteiger partial charge in [-0.25, -0.2) is 4.39 Å². The van der Waals surface area contributed by atoms with Crippen LogP contribution in [0.25, 0.3) is 10.8 Å². The molecule has 0 bridgehead atoms. The minimum Gasteiger partial charge on any atom is -0.490 e. The molecule has 2 aromatic carbocycles. The quantitative estimate of drug-likeness (QED) is 0.722. The fraction of sp³-hybridized carbons (Fsp3) is 0.412. The summed E-state index contributed by atoms with van der Waals surface area (Å²) in [5, 5.41) is 1.89. The van der Waals surface area contributed by atoms with Gasteiger partial charge in [0.25, 0.3) is 0 Å². The summed E-state index contributed by atoms with van der Waals surface area (Å²) >= 11 is 0. The van der Waals surface area contributed by atoms with E-state index in [-0.39, 0.29) is 5.82 Å². The van der Waals surface area contributed by atoms with E-state index >= 15 is 0 Å². The standard InChI is InChI=1S/C15H15FO.C2H6/c1-10-5-8-14(10)17-15-4-2-3-11-6-7-12(16)9-13(11)15;1-2/h2-4,6-7,9-10,14H,5,8H2,1H3;1-2H3/t10-,14-;/m1./s1. The summed E-state index contributed by atoms with van der Waals surface area (Å²) in [7, 11) is 0. The highest BCUT2D eigenvalue weighted by Gasteiger charge is 2.28. The molecular weight excluding hydrogens is 239 g/mol. The molecule has 0 spiro atoms. The van der Waals surface area contributed by atoms with E-state index in [1.165, 1.54) is 12.5 Å². The van der Waals surface area contributed by atoms with E-state index in [2.05, 4.69) is 6.92 Å². The maximum atomic E-state index is 13.3. The summed E-state index contributed by atoms with van der Waals surface area (Å²) in [4.78, 5) is 0. The van der Waals surface area contributed by atoms with Crippen molar-refractivity contribution in [3.05, 3.63) is 42.2 Å². The molecule has 0 aromatic heterocycles. The first-order valence-electron chi connectivity index (χ1n) is 7.09. The van der Waals surface area contributed by atoms with Crippen molar-refractivity contribution >= 4 is 10.8 Å². The molecule has 0 unspecified atom stereocenters. The molecule has 0 heterocycles. The fourth-order valence-corrected chi connectivity index (χ4v) is 2.29. The minimum atomic E-state index is -0.213. The van der Waals surface area contributed by atoms with Crippen LogP contribution in [0, 0.1) is 11.7 Å². The molecule has 1 nitrogen and oxygen atoms in total. The van der Waals surface area contributed by atoms with Crippen LogP contribution < -0.4 is 4.74 Å². The molecule has 0 amide bonds. The van der Waals surface area contributed by atoms with Crippen molar-refractivity contribution in [2.45, 2.75) is 39.7 Å². The number of fused-ring (bicyclic) bond motifs is 1. The van der Waals surface area contributed by atoms with E-state index in [1.54, 1.807) is 12.1 Å². The van der Waals surface area contributed by atoms with E-state index in [1.807, 2.05) is 32.0 Å². The molecule has 0 aliphatic heterocycles. The number of hydrogen-bond donors (Lipinski definition) is 0. The van der Waals surface area contributed by atoms with Crippen molar-refractivity contribution in [3.8, 4) is 5.75 Å². The van der Waals surface area contributed by atoms with Gasteiger partial charge in [-0.2, -0.15) is 0 Å². The number of ether oxygens (including phenoxy) is 1. The Morgan fingerprint density at radius 3 is 2.53 bits per heavy atom. The molecule has 3 rings (SSSR count). The summed E-state index contributed by atoms with van der Waals surface area (Å²) in [6, 6.07) is 10.7. The Morgan fingerprint density at radius 1 is 1.11 bits per heavy atom. The lowest BCUT2D eigenvalue weighted by Crippen LogP contribution is -2.34. The van der Waals surface area contributed by atoms with Crippen molar-refractivity contribution < 1.29 is 9.13 Å². The van der Waals surface area contributed by atoms with Gasteiger partial charge in [-0.15, -0.1) is 0 Å². The Labute approximate surface area is 114 Å². The van der Waals surface area contributed by atoms with Crippen LogP contribution in [0.2, 0.25) is 0 Å². The van der Waals surface area contributed by atoms with E-state index in [0.29, 0.717) is 12.0 Å². The van der Waals surface area contributed by atoms with Gasteiger partial charge in [0.1, 0.15) is 17.7 Å². The van der Waals surface area contributed by atoms with Crippen molar-refractivity contribution in [2.24, 2.45) is 5.92 Å². The molecule has 2 atom stereocenters. The van der Waals surface area contributed by atoms with Crippen LogP contribution in [0.15, 0.2) is 36.4 Å². The number of benzene rings is 2. The van der Waals surface area contributed by atoms with E-state index in [9.17, 15) is 4.39 Å². The van der Waals surface area contributed by atoms with E-state index < -0.39 is 0 Å². The summed E-state index contributed by atoms with van der Waals surface area (Å²) in [5.74, 6) is 1.20. The van der Waals surface area contributed by atoms with Gasteiger partial charge in [0.05, 0.1) is 0 Å².